The van der Waals surface area contributed by atoms with Gasteiger partial charge in [-0.15, -0.1) is 0 Å². The van der Waals surface area contributed by atoms with Gasteiger partial charge in [0, 0.05) is 10.4 Å². The average molecular weight is 375 g/mol. The average Bonchev–Trinajstić information content (AvgIpc) is 2.62. The Morgan fingerprint density at radius 3 is 2.68 bits per heavy atom. The van der Waals surface area contributed by atoms with Gasteiger partial charge in [0.05, 0.1) is 16.2 Å². The summed E-state index contributed by atoms with van der Waals surface area (Å²) in [5, 5.41) is 4.21. The molecule has 2 aromatic carbocycles. The van der Waals surface area contributed by atoms with Crippen molar-refractivity contribution in [2.75, 3.05) is 11.9 Å². The Morgan fingerprint density at radius 2 is 1.84 bits per heavy atom. The first-order valence-corrected chi connectivity index (χ1v) is 8.06. The molecule has 0 bridgehead atoms. The van der Waals surface area contributed by atoms with Crippen molar-refractivity contribution in [3.8, 4) is 0 Å². The molecule has 25 heavy (non-hydrogen) atoms. The number of pyridine rings is 1. The lowest BCUT2D eigenvalue weighted by Crippen LogP contribution is -2.21. The fraction of sp³-hybridized carbons (Fsp3) is 0.0556. The van der Waals surface area contributed by atoms with Crippen LogP contribution in [0.3, 0.4) is 0 Å². The summed E-state index contributed by atoms with van der Waals surface area (Å²) in [5.41, 5.74) is 1.15. The monoisotopic (exact) mass is 374 g/mol. The topological polar surface area (TPSA) is 68.3 Å². The molecular formula is C18H12Cl2N2O3. The van der Waals surface area contributed by atoms with E-state index in [1.807, 2.05) is 18.2 Å². The molecule has 5 nitrogen and oxygen atoms in total. The molecule has 3 aromatic rings. The van der Waals surface area contributed by atoms with E-state index in [1.54, 1.807) is 30.3 Å². The molecule has 1 N–H and O–H groups in total. The Labute approximate surface area is 153 Å². The van der Waals surface area contributed by atoms with Crippen molar-refractivity contribution in [3.05, 3.63) is 70.3 Å². The summed E-state index contributed by atoms with van der Waals surface area (Å²) in [6, 6.07) is 15.4. The highest BCUT2D eigenvalue weighted by Crippen LogP contribution is 2.25. The minimum atomic E-state index is -0.682. The van der Waals surface area contributed by atoms with Gasteiger partial charge in [0.25, 0.3) is 5.91 Å². The standard InChI is InChI=1S/C18H12Cl2N2O3/c19-12-6-7-13(20)16(9-12)22-17(23)10-25-18(24)15-8-5-11-3-1-2-4-14(11)21-15/h1-9H,10H2,(H,22,23). The maximum absolute atomic E-state index is 12.1. The number of anilines is 1. The lowest BCUT2D eigenvalue weighted by atomic mass is 10.2. The summed E-state index contributed by atoms with van der Waals surface area (Å²) in [4.78, 5) is 28.2. The molecule has 126 valence electrons. The lowest BCUT2D eigenvalue weighted by molar-refractivity contribution is -0.119. The third-order valence-electron chi connectivity index (χ3n) is 3.34. The van der Waals surface area contributed by atoms with E-state index in [-0.39, 0.29) is 5.69 Å². The molecule has 1 heterocycles. The van der Waals surface area contributed by atoms with Crippen LogP contribution in [0.1, 0.15) is 10.5 Å². The molecule has 3 rings (SSSR count). The summed E-state index contributed by atoms with van der Waals surface area (Å²) in [5.74, 6) is -1.21. The molecule has 7 heteroatoms. The van der Waals surface area contributed by atoms with Crippen molar-refractivity contribution in [1.82, 2.24) is 4.98 Å². The van der Waals surface area contributed by atoms with Crippen LogP contribution in [0.15, 0.2) is 54.6 Å². The van der Waals surface area contributed by atoms with Crippen LogP contribution >= 0.6 is 23.2 Å². The van der Waals surface area contributed by atoms with Gasteiger partial charge in [0.1, 0.15) is 5.69 Å². The smallest absolute Gasteiger partial charge is 0.357 e. The molecule has 0 spiro atoms. The van der Waals surface area contributed by atoms with Crippen molar-refractivity contribution in [1.29, 1.82) is 0 Å². The number of halogens is 2. The van der Waals surface area contributed by atoms with E-state index in [1.165, 1.54) is 6.07 Å². The van der Waals surface area contributed by atoms with E-state index in [0.717, 1.165) is 5.39 Å². The van der Waals surface area contributed by atoms with Crippen LogP contribution in [0.4, 0.5) is 5.69 Å². The van der Waals surface area contributed by atoms with Gasteiger partial charge < -0.3 is 10.1 Å². The van der Waals surface area contributed by atoms with Gasteiger partial charge in [0.15, 0.2) is 6.61 Å². The van der Waals surface area contributed by atoms with Gasteiger partial charge in [-0.3, -0.25) is 4.79 Å². The molecule has 0 atom stereocenters. The molecule has 0 fully saturated rings. The van der Waals surface area contributed by atoms with Crippen LogP contribution in [-0.4, -0.2) is 23.5 Å². The maximum atomic E-state index is 12.1. The number of benzene rings is 2. The highest BCUT2D eigenvalue weighted by Gasteiger charge is 2.13. The van der Waals surface area contributed by atoms with Gasteiger partial charge >= 0.3 is 5.97 Å². The summed E-state index contributed by atoms with van der Waals surface area (Å²) >= 11 is 11.8. The normalized spacial score (nSPS) is 10.5. The number of carbonyl (C=O) groups is 2. The summed E-state index contributed by atoms with van der Waals surface area (Å²) in [7, 11) is 0. The second-order valence-electron chi connectivity index (χ2n) is 5.14. The zero-order chi connectivity index (χ0) is 17.8. The number of nitrogens with zero attached hydrogens (tertiary/aromatic N) is 1. The van der Waals surface area contributed by atoms with E-state index >= 15 is 0 Å². The van der Waals surface area contributed by atoms with E-state index in [0.29, 0.717) is 21.2 Å². The second-order valence-corrected chi connectivity index (χ2v) is 5.98. The fourth-order valence-electron chi connectivity index (χ4n) is 2.16. The number of para-hydroxylation sites is 1. The van der Waals surface area contributed by atoms with Crippen molar-refractivity contribution in [2.45, 2.75) is 0 Å². The predicted octanol–water partition coefficient (Wildman–Crippen LogP) is 4.34. The summed E-state index contributed by atoms with van der Waals surface area (Å²) in [6.07, 6.45) is 0. The largest absolute Gasteiger partial charge is 0.451 e. The van der Waals surface area contributed by atoms with Crippen LogP contribution in [0.2, 0.25) is 10.0 Å². The summed E-state index contributed by atoms with van der Waals surface area (Å²) < 4.78 is 4.99. The molecule has 0 aliphatic carbocycles. The number of amides is 1. The maximum Gasteiger partial charge on any atom is 0.357 e. The molecule has 0 saturated carbocycles. The number of rotatable bonds is 4. The number of hydrogen-bond acceptors (Lipinski definition) is 4. The first-order valence-electron chi connectivity index (χ1n) is 7.31. The van der Waals surface area contributed by atoms with Crippen molar-refractivity contribution in [2.24, 2.45) is 0 Å². The third kappa shape index (κ3) is 4.26. The van der Waals surface area contributed by atoms with E-state index in [2.05, 4.69) is 10.3 Å². The Bertz CT molecular complexity index is 960. The zero-order valence-corrected chi connectivity index (χ0v) is 14.3. The molecule has 0 unspecified atom stereocenters. The quantitative estimate of drug-likeness (QED) is 0.689. The van der Waals surface area contributed by atoms with Gasteiger partial charge in [-0.2, -0.15) is 0 Å². The van der Waals surface area contributed by atoms with Crippen LogP contribution in [-0.2, 0) is 9.53 Å². The number of carbonyl (C=O) groups excluding carboxylic acids is 2. The fourth-order valence-corrected chi connectivity index (χ4v) is 2.50. The van der Waals surface area contributed by atoms with Gasteiger partial charge in [-0.1, -0.05) is 47.5 Å². The van der Waals surface area contributed by atoms with Gasteiger partial charge in [-0.05, 0) is 30.3 Å². The van der Waals surface area contributed by atoms with Gasteiger partial charge in [0.2, 0.25) is 0 Å². The van der Waals surface area contributed by atoms with Crippen LogP contribution in [0.25, 0.3) is 10.9 Å². The highest BCUT2D eigenvalue weighted by atomic mass is 35.5. The van der Waals surface area contributed by atoms with Crippen molar-refractivity contribution in [3.63, 3.8) is 0 Å². The Kier molecular flexibility index (Phi) is 5.16. The predicted molar refractivity (Wildman–Crippen MR) is 97.1 cm³/mol. The molecule has 0 radical (unpaired) electrons. The molecular weight excluding hydrogens is 363 g/mol. The minimum absolute atomic E-state index is 0.132. The summed E-state index contributed by atoms with van der Waals surface area (Å²) in [6.45, 7) is -0.462. The van der Waals surface area contributed by atoms with E-state index in [9.17, 15) is 9.59 Å². The van der Waals surface area contributed by atoms with Crippen molar-refractivity contribution < 1.29 is 14.3 Å². The van der Waals surface area contributed by atoms with Crippen LogP contribution < -0.4 is 5.32 Å². The molecule has 1 amide bonds. The number of hydrogen-bond donors (Lipinski definition) is 1. The Hall–Kier alpha value is -2.63. The molecule has 0 aliphatic rings. The third-order valence-corrected chi connectivity index (χ3v) is 3.91. The SMILES string of the molecule is O=C(COC(=O)c1ccc2ccccc2n1)Nc1cc(Cl)ccc1Cl. The number of aromatic nitrogens is 1. The first kappa shape index (κ1) is 17.2. The number of esters is 1. The second kappa shape index (κ2) is 7.51. The first-order chi connectivity index (χ1) is 12.0. The number of ether oxygens (including phenoxy) is 1. The van der Waals surface area contributed by atoms with Gasteiger partial charge in [-0.25, -0.2) is 9.78 Å². The Balaban J connectivity index is 1.62. The number of nitrogens with one attached hydrogen (secondary N) is 1. The molecule has 0 saturated heterocycles. The lowest BCUT2D eigenvalue weighted by Gasteiger charge is -2.08. The van der Waals surface area contributed by atoms with Crippen molar-refractivity contribution >= 4 is 51.7 Å². The highest BCUT2D eigenvalue weighted by molar-refractivity contribution is 6.35. The van der Waals surface area contributed by atoms with Crippen LogP contribution in [0, 0.1) is 0 Å². The van der Waals surface area contributed by atoms with E-state index in [4.69, 9.17) is 27.9 Å². The molecule has 0 aliphatic heterocycles. The number of fused-ring (bicyclic) bond motifs is 1. The zero-order valence-electron chi connectivity index (χ0n) is 12.8. The van der Waals surface area contributed by atoms with E-state index < -0.39 is 18.5 Å². The molecule has 1 aromatic heterocycles. The Morgan fingerprint density at radius 1 is 1.04 bits per heavy atom. The minimum Gasteiger partial charge on any atom is -0.451 e. The van der Waals surface area contributed by atoms with Crippen LogP contribution in [0.5, 0.6) is 0 Å².